The van der Waals surface area contributed by atoms with E-state index in [0.29, 0.717) is 19.0 Å². The molecule has 33 heavy (non-hydrogen) atoms. The van der Waals surface area contributed by atoms with Crippen molar-refractivity contribution < 1.29 is 18.3 Å². The lowest BCUT2D eigenvalue weighted by molar-refractivity contribution is -0.147. The van der Waals surface area contributed by atoms with Crippen LogP contribution in [0.2, 0.25) is 0 Å². The lowest BCUT2D eigenvalue weighted by Gasteiger charge is -2.33. The van der Waals surface area contributed by atoms with Crippen molar-refractivity contribution in [1.82, 2.24) is 24.7 Å². The Morgan fingerprint density at radius 2 is 2.00 bits per heavy atom. The first-order valence-electron chi connectivity index (χ1n) is 11.3. The molecule has 3 aromatic rings. The van der Waals surface area contributed by atoms with Crippen LogP contribution in [-0.2, 0) is 25.7 Å². The zero-order valence-corrected chi connectivity index (χ0v) is 19.2. The minimum atomic E-state index is -4.53. The standard InChI is InChI=1S/C21H26F3N7OS/c1-2-4-14-9-15-17(29-7-8-31-16(11-29)27-28-19(31)21(22,23)24)25-20(26-18(15)33-14)30-6-3-5-13(10-30)12-32/h9,13,32H,2-8,10-12H2,1H3. The maximum Gasteiger partial charge on any atom is 0.451 e. The third-order valence-corrected chi connectivity index (χ3v) is 7.36. The van der Waals surface area contributed by atoms with Gasteiger partial charge in [0, 0.05) is 37.7 Å². The lowest BCUT2D eigenvalue weighted by atomic mass is 9.99. The first-order chi connectivity index (χ1) is 15.9. The van der Waals surface area contributed by atoms with Crippen molar-refractivity contribution in [3.63, 3.8) is 0 Å². The van der Waals surface area contributed by atoms with Gasteiger partial charge in [-0.2, -0.15) is 18.2 Å². The number of fused-ring (bicyclic) bond motifs is 2. The number of nitrogens with zero attached hydrogens (tertiary/aromatic N) is 7. The van der Waals surface area contributed by atoms with Crippen LogP contribution >= 0.6 is 11.3 Å². The molecule has 1 saturated heterocycles. The Morgan fingerprint density at radius 3 is 2.76 bits per heavy atom. The molecule has 8 nitrogen and oxygen atoms in total. The van der Waals surface area contributed by atoms with Gasteiger partial charge in [0.2, 0.25) is 11.8 Å². The molecule has 1 unspecified atom stereocenters. The summed E-state index contributed by atoms with van der Waals surface area (Å²) in [6.45, 7) is 4.48. The van der Waals surface area contributed by atoms with Gasteiger partial charge in [-0.05, 0) is 31.2 Å². The van der Waals surface area contributed by atoms with Crippen molar-refractivity contribution in [2.75, 3.05) is 36.0 Å². The smallest absolute Gasteiger partial charge is 0.396 e. The summed E-state index contributed by atoms with van der Waals surface area (Å²) in [5.74, 6) is 0.861. The van der Waals surface area contributed by atoms with E-state index in [0.717, 1.165) is 52.8 Å². The molecule has 2 aliphatic rings. The number of aliphatic hydroxyl groups is 1. The number of aliphatic hydroxyl groups excluding tert-OH is 1. The SMILES string of the molecule is CCCc1cc2c(N3CCn4c(nnc4C(F)(F)F)C3)nc(N3CCCC(CO)C3)nc2s1. The van der Waals surface area contributed by atoms with Crippen molar-refractivity contribution in [2.24, 2.45) is 5.92 Å². The zero-order chi connectivity index (χ0) is 23.2. The highest BCUT2D eigenvalue weighted by molar-refractivity contribution is 7.18. The number of aromatic nitrogens is 5. The normalized spacial score (nSPS) is 19.4. The van der Waals surface area contributed by atoms with Crippen LogP contribution in [0.15, 0.2) is 6.07 Å². The van der Waals surface area contributed by atoms with Crippen LogP contribution in [0, 0.1) is 5.92 Å². The van der Waals surface area contributed by atoms with E-state index in [9.17, 15) is 18.3 Å². The second kappa shape index (κ2) is 8.71. The number of piperidine rings is 1. The van der Waals surface area contributed by atoms with Gasteiger partial charge in [0.25, 0.3) is 0 Å². The fourth-order valence-corrected chi connectivity index (χ4v) is 5.76. The number of rotatable bonds is 5. The van der Waals surface area contributed by atoms with E-state index < -0.39 is 12.0 Å². The zero-order valence-electron chi connectivity index (χ0n) is 18.3. The number of thiophene rings is 1. The minimum Gasteiger partial charge on any atom is -0.396 e. The van der Waals surface area contributed by atoms with Crippen LogP contribution in [0.5, 0.6) is 0 Å². The highest BCUT2D eigenvalue weighted by atomic mass is 32.1. The highest BCUT2D eigenvalue weighted by Crippen LogP contribution is 2.36. The van der Waals surface area contributed by atoms with Gasteiger partial charge in [-0.15, -0.1) is 21.5 Å². The van der Waals surface area contributed by atoms with Crippen molar-refractivity contribution in [2.45, 2.75) is 51.9 Å². The van der Waals surface area contributed by atoms with Gasteiger partial charge in [-0.25, -0.2) is 4.98 Å². The molecule has 5 rings (SSSR count). The molecule has 0 bridgehead atoms. The Labute approximate surface area is 193 Å². The Balaban J connectivity index is 1.53. The summed E-state index contributed by atoms with van der Waals surface area (Å²) in [7, 11) is 0. The third kappa shape index (κ3) is 4.25. The molecule has 1 N–H and O–H groups in total. The Kier molecular flexibility index (Phi) is 5.89. The van der Waals surface area contributed by atoms with Crippen LogP contribution in [0.4, 0.5) is 24.9 Å². The van der Waals surface area contributed by atoms with Crippen LogP contribution in [0.1, 0.15) is 42.7 Å². The summed E-state index contributed by atoms with van der Waals surface area (Å²) in [4.78, 5) is 15.9. The molecule has 178 valence electrons. The average Bonchev–Trinajstić information content (AvgIpc) is 3.41. The molecule has 0 amide bonds. The molecular weight excluding hydrogens is 455 g/mol. The van der Waals surface area contributed by atoms with Gasteiger partial charge in [-0.3, -0.25) is 0 Å². The quantitative estimate of drug-likeness (QED) is 0.597. The second-order valence-corrected chi connectivity index (χ2v) is 9.79. The summed E-state index contributed by atoms with van der Waals surface area (Å²) < 4.78 is 40.9. The first-order valence-corrected chi connectivity index (χ1v) is 12.1. The summed E-state index contributed by atoms with van der Waals surface area (Å²) in [6.07, 6.45) is -0.635. The maximum atomic E-state index is 13.3. The van der Waals surface area contributed by atoms with Crippen LogP contribution < -0.4 is 9.80 Å². The van der Waals surface area contributed by atoms with Crippen molar-refractivity contribution in [3.8, 4) is 0 Å². The third-order valence-electron chi connectivity index (χ3n) is 6.27. The number of halogens is 3. The largest absolute Gasteiger partial charge is 0.451 e. The summed E-state index contributed by atoms with van der Waals surface area (Å²) in [5.41, 5.74) is 0. The van der Waals surface area contributed by atoms with Crippen LogP contribution in [0.25, 0.3) is 10.2 Å². The number of hydrogen-bond acceptors (Lipinski definition) is 8. The molecule has 5 heterocycles. The van der Waals surface area contributed by atoms with Crippen LogP contribution in [-0.4, -0.2) is 56.1 Å². The molecule has 3 aromatic heterocycles. The van der Waals surface area contributed by atoms with Gasteiger partial charge in [0.05, 0.1) is 11.9 Å². The van der Waals surface area contributed by atoms with Gasteiger partial charge in [-0.1, -0.05) is 13.3 Å². The topological polar surface area (TPSA) is 83.2 Å². The number of hydrogen-bond donors (Lipinski definition) is 1. The number of alkyl halides is 3. The van der Waals surface area contributed by atoms with Gasteiger partial charge in [0.15, 0.2) is 5.82 Å². The van der Waals surface area contributed by atoms with E-state index in [4.69, 9.17) is 9.97 Å². The van der Waals surface area contributed by atoms with Crippen molar-refractivity contribution in [1.29, 1.82) is 0 Å². The van der Waals surface area contributed by atoms with Crippen molar-refractivity contribution >= 4 is 33.3 Å². The Morgan fingerprint density at radius 1 is 1.15 bits per heavy atom. The van der Waals surface area contributed by atoms with Crippen molar-refractivity contribution in [3.05, 3.63) is 22.6 Å². The molecule has 0 saturated carbocycles. The minimum absolute atomic E-state index is 0.134. The molecule has 0 radical (unpaired) electrons. The van der Waals surface area contributed by atoms with Gasteiger partial charge in [0.1, 0.15) is 10.6 Å². The van der Waals surface area contributed by atoms with E-state index in [1.165, 1.54) is 4.88 Å². The summed E-state index contributed by atoms with van der Waals surface area (Å²) >= 11 is 1.64. The van der Waals surface area contributed by atoms with Gasteiger partial charge < -0.3 is 19.5 Å². The summed E-state index contributed by atoms with van der Waals surface area (Å²) in [5, 5.41) is 17.8. The summed E-state index contributed by atoms with van der Waals surface area (Å²) in [6, 6.07) is 2.11. The predicted molar refractivity (Wildman–Crippen MR) is 120 cm³/mol. The second-order valence-electron chi connectivity index (χ2n) is 8.68. The fourth-order valence-electron chi connectivity index (χ4n) is 4.64. The molecule has 2 aliphatic heterocycles. The van der Waals surface area contributed by atoms with Crippen LogP contribution in [0.3, 0.4) is 0 Å². The fraction of sp³-hybridized carbons (Fsp3) is 0.619. The van der Waals surface area contributed by atoms with E-state index >= 15 is 0 Å². The molecule has 12 heteroatoms. The van der Waals surface area contributed by atoms with E-state index in [-0.39, 0.29) is 31.4 Å². The van der Waals surface area contributed by atoms with Gasteiger partial charge >= 0.3 is 6.18 Å². The lowest BCUT2D eigenvalue weighted by Crippen LogP contribution is -2.39. The molecule has 1 atom stereocenters. The highest BCUT2D eigenvalue weighted by Gasteiger charge is 2.40. The average molecular weight is 482 g/mol. The monoisotopic (exact) mass is 481 g/mol. The Bertz CT molecular complexity index is 1150. The molecule has 1 fully saturated rings. The first kappa shape index (κ1) is 22.3. The van der Waals surface area contributed by atoms with E-state index in [1.807, 2.05) is 4.90 Å². The predicted octanol–water partition coefficient (Wildman–Crippen LogP) is 3.48. The number of anilines is 2. The van der Waals surface area contributed by atoms with E-state index in [1.54, 1.807) is 11.3 Å². The number of aryl methyl sites for hydroxylation is 1. The molecule has 0 aliphatic carbocycles. The molecular formula is C21H26F3N7OS. The maximum absolute atomic E-state index is 13.3. The Hall–Kier alpha value is -2.47. The molecule has 0 spiro atoms. The van der Waals surface area contributed by atoms with E-state index in [2.05, 4.69) is 28.1 Å². The molecule has 0 aromatic carbocycles.